The summed E-state index contributed by atoms with van der Waals surface area (Å²) in [6.07, 6.45) is 4.83. The number of hydrogen-bond acceptors (Lipinski definition) is 3. The van der Waals surface area contributed by atoms with Crippen LogP contribution in [-0.4, -0.2) is 43.1 Å². The van der Waals surface area contributed by atoms with E-state index in [0.717, 1.165) is 32.6 Å². The van der Waals surface area contributed by atoms with Gasteiger partial charge in [-0.05, 0) is 50.2 Å². The van der Waals surface area contributed by atoms with E-state index in [9.17, 15) is 0 Å². The molecule has 0 bridgehead atoms. The van der Waals surface area contributed by atoms with Crippen LogP contribution in [0.15, 0.2) is 24.5 Å². The molecule has 1 heterocycles. The average Bonchev–Trinajstić information content (AvgIpc) is 2.35. The summed E-state index contributed by atoms with van der Waals surface area (Å²) < 4.78 is 0. The van der Waals surface area contributed by atoms with Gasteiger partial charge in [0.25, 0.3) is 0 Å². The van der Waals surface area contributed by atoms with Crippen molar-refractivity contribution in [3.8, 4) is 0 Å². The zero-order chi connectivity index (χ0) is 12.5. The van der Waals surface area contributed by atoms with Crippen molar-refractivity contribution in [2.45, 2.75) is 20.3 Å². The van der Waals surface area contributed by atoms with Gasteiger partial charge in [0.15, 0.2) is 0 Å². The van der Waals surface area contributed by atoms with E-state index in [-0.39, 0.29) is 0 Å². The molecule has 0 aromatic carbocycles. The second-order valence-corrected chi connectivity index (χ2v) is 4.78. The van der Waals surface area contributed by atoms with Gasteiger partial charge in [-0.3, -0.25) is 4.98 Å². The molecule has 1 atom stereocenters. The number of aromatic nitrogens is 1. The number of pyridine rings is 1. The Morgan fingerprint density at radius 3 is 2.71 bits per heavy atom. The van der Waals surface area contributed by atoms with Crippen LogP contribution in [0.2, 0.25) is 0 Å². The lowest BCUT2D eigenvalue weighted by atomic mass is 10.1. The van der Waals surface area contributed by atoms with Crippen molar-refractivity contribution in [1.82, 2.24) is 15.2 Å². The van der Waals surface area contributed by atoms with E-state index in [1.165, 1.54) is 5.56 Å². The molecule has 0 aliphatic carbocycles. The maximum atomic E-state index is 4.03. The standard InChI is InChI=1S/C14H25N3/c1-4-15-11-13(2)12-17(3)10-7-14-5-8-16-9-6-14/h5-6,8-9,13,15H,4,7,10-12H2,1-3H3. The average molecular weight is 235 g/mol. The molecule has 0 aliphatic heterocycles. The van der Waals surface area contributed by atoms with Crippen LogP contribution < -0.4 is 5.32 Å². The van der Waals surface area contributed by atoms with E-state index >= 15 is 0 Å². The summed E-state index contributed by atoms with van der Waals surface area (Å²) in [7, 11) is 2.20. The summed E-state index contributed by atoms with van der Waals surface area (Å²) >= 11 is 0. The maximum Gasteiger partial charge on any atom is 0.0270 e. The minimum atomic E-state index is 0.706. The quantitative estimate of drug-likeness (QED) is 0.745. The summed E-state index contributed by atoms with van der Waals surface area (Å²) in [4.78, 5) is 6.44. The Labute approximate surface area is 105 Å². The topological polar surface area (TPSA) is 28.2 Å². The first-order chi connectivity index (χ1) is 8.22. The van der Waals surface area contributed by atoms with Gasteiger partial charge >= 0.3 is 0 Å². The SMILES string of the molecule is CCNCC(C)CN(C)CCc1ccncc1. The second kappa shape index (κ2) is 8.20. The zero-order valence-electron chi connectivity index (χ0n) is 11.3. The number of hydrogen-bond donors (Lipinski definition) is 1. The van der Waals surface area contributed by atoms with E-state index in [1.807, 2.05) is 12.4 Å². The third-order valence-corrected chi connectivity index (χ3v) is 2.90. The normalized spacial score (nSPS) is 12.9. The minimum absolute atomic E-state index is 0.706. The molecule has 3 heteroatoms. The molecule has 17 heavy (non-hydrogen) atoms. The molecule has 1 aromatic heterocycles. The summed E-state index contributed by atoms with van der Waals surface area (Å²) in [5, 5.41) is 3.39. The first-order valence-corrected chi connectivity index (χ1v) is 6.50. The molecule has 3 nitrogen and oxygen atoms in total. The summed E-state index contributed by atoms with van der Waals surface area (Å²) in [6.45, 7) is 8.88. The molecule has 0 saturated carbocycles. The Kier molecular flexibility index (Phi) is 6.82. The van der Waals surface area contributed by atoms with E-state index < -0.39 is 0 Å². The van der Waals surface area contributed by atoms with Crippen LogP contribution in [0.5, 0.6) is 0 Å². The smallest absolute Gasteiger partial charge is 0.0270 e. The van der Waals surface area contributed by atoms with Crippen molar-refractivity contribution in [2.75, 3.05) is 33.2 Å². The molecule has 0 saturated heterocycles. The Morgan fingerprint density at radius 2 is 2.06 bits per heavy atom. The second-order valence-electron chi connectivity index (χ2n) is 4.78. The van der Waals surface area contributed by atoms with Gasteiger partial charge < -0.3 is 10.2 Å². The van der Waals surface area contributed by atoms with E-state index in [1.54, 1.807) is 0 Å². The van der Waals surface area contributed by atoms with Crippen molar-refractivity contribution < 1.29 is 0 Å². The van der Waals surface area contributed by atoms with Crippen LogP contribution in [0, 0.1) is 5.92 Å². The molecule has 0 spiro atoms. The van der Waals surface area contributed by atoms with Crippen LogP contribution in [0.3, 0.4) is 0 Å². The summed E-state index contributed by atoms with van der Waals surface area (Å²) in [6, 6.07) is 4.19. The van der Waals surface area contributed by atoms with Gasteiger partial charge in [0.1, 0.15) is 0 Å². The highest BCUT2D eigenvalue weighted by atomic mass is 15.1. The molecule has 96 valence electrons. The van der Waals surface area contributed by atoms with Gasteiger partial charge in [-0.2, -0.15) is 0 Å². The lowest BCUT2D eigenvalue weighted by Gasteiger charge is -2.21. The molecular weight excluding hydrogens is 210 g/mol. The predicted octanol–water partition coefficient (Wildman–Crippen LogP) is 1.80. The first-order valence-electron chi connectivity index (χ1n) is 6.50. The maximum absolute atomic E-state index is 4.03. The predicted molar refractivity (Wildman–Crippen MR) is 73.1 cm³/mol. The molecule has 1 N–H and O–H groups in total. The zero-order valence-corrected chi connectivity index (χ0v) is 11.3. The Balaban J connectivity index is 2.19. The molecule has 0 aliphatic rings. The van der Waals surface area contributed by atoms with Crippen molar-refractivity contribution in [2.24, 2.45) is 5.92 Å². The van der Waals surface area contributed by atoms with E-state index in [0.29, 0.717) is 5.92 Å². The highest BCUT2D eigenvalue weighted by Gasteiger charge is 2.05. The Morgan fingerprint density at radius 1 is 1.35 bits per heavy atom. The molecule has 0 radical (unpaired) electrons. The van der Waals surface area contributed by atoms with Gasteiger partial charge in [-0.25, -0.2) is 0 Å². The molecule has 1 aromatic rings. The van der Waals surface area contributed by atoms with E-state index in [2.05, 4.69) is 48.2 Å². The Bertz CT molecular complexity index is 287. The van der Waals surface area contributed by atoms with Gasteiger partial charge in [0, 0.05) is 25.5 Å². The lowest BCUT2D eigenvalue weighted by molar-refractivity contribution is 0.284. The molecule has 0 fully saturated rings. The fourth-order valence-corrected chi connectivity index (χ4v) is 1.95. The third-order valence-electron chi connectivity index (χ3n) is 2.90. The van der Waals surface area contributed by atoms with Gasteiger partial charge in [0.2, 0.25) is 0 Å². The number of nitrogens with one attached hydrogen (secondary N) is 1. The number of nitrogens with zero attached hydrogens (tertiary/aromatic N) is 2. The van der Waals surface area contributed by atoms with Crippen LogP contribution in [0.1, 0.15) is 19.4 Å². The van der Waals surface area contributed by atoms with Gasteiger partial charge in [-0.1, -0.05) is 13.8 Å². The number of likely N-dealkylation sites (N-methyl/N-ethyl adjacent to an activating group) is 1. The van der Waals surface area contributed by atoms with Crippen LogP contribution in [0.4, 0.5) is 0 Å². The molecule has 1 rings (SSSR count). The summed E-state index contributed by atoms with van der Waals surface area (Å²) in [5.41, 5.74) is 1.37. The first kappa shape index (κ1) is 14.1. The van der Waals surface area contributed by atoms with Crippen molar-refractivity contribution in [3.63, 3.8) is 0 Å². The number of rotatable bonds is 8. The van der Waals surface area contributed by atoms with Crippen LogP contribution in [0.25, 0.3) is 0 Å². The molecule has 1 unspecified atom stereocenters. The van der Waals surface area contributed by atoms with E-state index in [4.69, 9.17) is 0 Å². The monoisotopic (exact) mass is 235 g/mol. The highest BCUT2D eigenvalue weighted by molar-refractivity contribution is 5.09. The molecular formula is C14H25N3. The van der Waals surface area contributed by atoms with Crippen molar-refractivity contribution in [3.05, 3.63) is 30.1 Å². The minimum Gasteiger partial charge on any atom is -0.317 e. The van der Waals surface area contributed by atoms with Crippen LogP contribution in [-0.2, 0) is 6.42 Å². The fraction of sp³-hybridized carbons (Fsp3) is 0.643. The van der Waals surface area contributed by atoms with Gasteiger partial charge in [0.05, 0.1) is 0 Å². The van der Waals surface area contributed by atoms with Gasteiger partial charge in [-0.15, -0.1) is 0 Å². The highest BCUT2D eigenvalue weighted by Crippen LogP contribution is 2.01. The van der Waals surface area contributed by atoms with Crippen molar-refractivity contribution in [1.29, 1.82) is 0 Å². The fourth-order valence-electron chi connectivity index (χ4n) is 1.95. The van der Waals surface area contributed by atoms with Crippen molar-refractivity contribution >= 4 is 0 Å². The molecule has 0 amide bonds. The Hall–Kier alpha value is -0.930. The third kappa shape index (κ3) is 6.39. The lowest BCUT2D eigenvalue weighted by Crippen LogP contribution is -2.32. The largest absolute Gasteiger partial charge is 0.317 e. The van der Waals surface area contributed by atoms with Crippen LogP contribution >= 0.6 is 0 Å². The summed E-state index contributed by atoms with van der Waals surface area (Å²) in [5.74, 6) is 0.706.